The zero-order valence-electron chi connectivity index (χ0n) is 12.6. The van der Waals surface area contributed by atoms with Gasteiger partial charge < -0.3 is 20.5 Å². The van der Waals surface area contributed by atoms with Crippen LogP contribution in [0.3, 0.4) is 0 Å². The van der Waals surface area contributed by atoms with Crippen LogP contribution >= 0.6 is 24.0 Å². The van der Waals surface area contributed by atoms with Gasteiger partial charge in [-0.15, -0.1) is 24.0 Å². The number of ether oxygens (including phenoxy) is 2. The second-order valence-electron chi connectivity index (χ2n) is 4.23. The number of benzene rings is 1. The molecule has 0 atom stereocenters. The molecule has 2 rings (SSSR count). The molecule has 120 valence electrons. The number of nitrogens with zero attached hydrogens (tertiary/aromatic N) is 4. The third-order valence-corrected chi connectivity index (χ3v) is 2.71. The fourth-order valence-electron chi connectivity index (χ4n) is 1.70. The van der Waals surface area contributed by atoms with E-state index in [0.717, 1.165) is 0 Å². The Kier molecular flexibility index (Phi) is 6.89. The Hall–Kier alpha value is -2.04. The van der Waals surface area contributed by atoms with E-state index in [1.54, 1.807) is 50.5 Å². The minimum absolute atomic E-state index is 0. The summed E-state index contributed by atoms with van der Waals surface area (Å²) in [5, 5.41) is 7.09. The van der Waals surface area contributed by atoms with Crippen molar-refractivity contribution < 1.29 is 9.47 Å². The van der Waals surface area contributed by atoms with Crippen molar-refractivity contribution in [2.24, 2.45) is 17.8 Å². The first kappa shape index (κ1) is 18.0. The quantitative estimate of drug-likeness (QED) is 0.433. The van der Waals surface area contributed by atoms with Gasteiger partial charge in [0, 0.05) is 13.1 Å². The topological polar surface area (TPSA) is 99.6 Å². The summed E-state index contributed by atoms with van der Waals surface area (Å²) in [6, 6.07) is 5.37. The van der Waals surface area contributed by atoms with Crippen molar-refractivity contribution in [2.45, 2.75) is 6.54 Å². The molecule has 0 bridgehead atoms. The summed E-state index contributed by atoms with van der Waals surface area (Å²) in [7, 11) is 4.97. The normalized spacial score (nSPS) is 10.8. The van der Waals surface area contributed by atoms with Gasteiger partial charge in [-0.25, -0.2) is 9.98 Å². The molecule has 1 aromatic heterocycles. The molecule has 0 aliphatic heterocycles. The van der Waals surface area contributed by atoms with E-state index in [1.807, 2.05) is 0 Å². The number of methoxy groups -OCH3 is 2. The molecular weight excluding hydrogens is 399 g/mol. The first-order chi connectivity index (χ1) is 10.1. The van der Waals surface area contributed by atoms with Gasteiger partial charge in [0.25, 0.3) is 0 Å². The van der Waals surface area contributed by atoms with E-state index in [2.05, 4.69) is 20.4 Å². The smallest absolute Gasteiger partial charge is 0.193 e. The predicted molar refractivity (Wildman–Crippen MR) is 94.9 cm³/mol. The molecule has 1 aromatic carbocycles. The highest BCUT2D eigenvalue weighted by Crippen LogP contribution is 2.28. The molecule has 0 fully saturated rings. The molecule has 0 saturated heterocycles. The minimum atomic E-state index is 0. The van der Waals surface area contributed by atoms with Gasteiger partial charge >= 0.3 is 0 Å². The van der Waals surface area contributed by atoms with Crippen LogP contribution in [-0.4, -0.2) is 34.9 Å². The maximum atomic E-state index is 5.86. The van der Waals surface area contributed by atoms with E-state index in [4.69, 9.17) is 15.2 Å². The van der Waals surface area contributed by atoms with E-state index in [0.29, 0.717) is 29.6 Å². The van der Waals surface area contributed by atoms with Crippen LogP contribution < -0.4 is 20.5 Å². The summed E-state index contributed by atoms with van der Waals surface area (Å²) >= 11 is 0. The van der Waals surface area contributed by atoms with Crippen LogP contribution in [-0.2, 0) is 13.6 Å². The van der Waals surface area contributed by atoms with Crippen LogP contribution in [0.4, 0.5) is 5.69 Å². The summed E-state index contributed by atoms with van der Waals surface area (Å²) in [6.45, 7) is 0.298. The van der Waals surface area contributed by atoms with Gasteiger partial charge in [0.2, 0.25) is 0 Å². The van der Waals surface area contributed by atoms with Crippen molar-refractivity contribution in [2.75, 3.05) is 19.5 Å². The lowest BCUT2D eigenvalue weighted by atomic mass is 10.2. The van der Waals surface area contributed by atoms with Crippen LogP contribution in [0.2, 0.25) is 0 Å². The van der Waals surface area contributed by atoms with E-state index >= 15 is 0 Å². The molecule has 2 aromatic rings. The number of nitrogens with one attached hydrogen (secondary N) is 1. The molecule has 0 unspecified atom stereocenters. The Balaban J connectivity index is 0.00000242. The van der Waals surface area contributed by atoms with Crippen LogP contribution in [0.25, 0.3) is 0 Å². The third-order valence-electron chi connectivity index (χ3n) is 2.71. The van der Waals surface area contributed by atoms with Crippen LogP contribution in [0, 0.1) is 0 Å². The van der Waals surface area contributed by atoms with Crippen molar-refractivity contribution in [3.8, 4) is 11.5 Å². The molecule has 3 N–H and O–H groups in total. The summed E-state index contributed by atoms with van der Waals surface area (Å²) in [5.41, 5.74) is 6.53. The Labute approximate surface area is 145 Å². The largest absolute Gasteiger partial charge is 0.497 e. The Morgan fingerprint density at radius 3 is 2.73 bits per heavy atom. The number of rotatable bonds is 5. The van der Waals surface area contributed by atoms with E-state index in [1.165, 1.54) is 0 Å². The predicted octanol–water partition coefficient (Wildman–Crippen LogP) is 1.38. The summed E-state index contributed by atoms with van der Waals surface area (Å²) < 4.78 is 12.0. The summed E-state index contributed by atoms with van der Waals surface area (Å²) in [5.74, 6) is 2.18. The van der Waals surface area contributed by atoms with Crippen molar-refractivity contribution in [3.63, 3.8) is 0 Å². The van der Waals surface area contributed by atoms with Gasteiger partial charge in [0.15, 0.2) is 11.8 Å². The highest BCUT2D eigenvalue weighted by molar-refractivity contribution is 14.0. The molecule has 0 saturated carbocycles. The maximum absolute atomic E-state index is 5.86. The SMILES string of the molecule is COc1ccc(OC)c(NC(N)=NCc2ncn(C)n2)c1.I. The fourth-order valence-corrected chi connectivity index (χ4v) is 1.70. The summed E-state index contributed by atoms with van der Waals surface area (Å²) in [6.07, 6.45) is 1.61. The monoisotopic (exact) mass is 418 g/mol. The first-order valence-electron chi connectivity index (χ1n) is 6.26. The highest BCUT2D eigenvalue weighted by Gasteiger charge is 2.06. The van der Waals surface area contributed by atoms with Crippen LogP contribution in [0.5, 0.6) is 11.5 Å². The number of halogens is 1. The second kappa shape index (κ2) is 8.41. The Morgan fingerprint density at radius 2 is 2.14 bits per heavy atom. The molecular formula is C13H19IN6O2. The van der Waals surface area contributed by atoms with E-state index in [-0.39, 0.29) is 29.9 Å². The average Bonchev–Trinajstić information content (AvgIpc) is 2.90. The van der Waals surface area contributed by atoms with Crippen LogP contribution in [0.15, 0.2) is 29.5 Å². The zero-order valence-corrected chi connectivity index (χ0v) is 14.9. The zero-order chi connectivity index (χ0) is 15.2. The number of aryl methyl sites for hydroxylation is 1. The van der Waals surface area contributed by atoms with Crippen molar-refractivity contribution in [1.29, 1.82) is 0 Å². The number of anilines is 1. The van der Waals surface area contributed by atoms with Gasteiger partial charge in [-0.2, -0.15) is 5.10 Å². The lowest BCUT2D eigenvalue weighted by Gasteiger charge is -2.11. The third kappa shape index (κ3) is 4.76. The van der Waals surface area contributed by atoms with Crippen molar-refractivity contribution in [1.82, 2.24) is 14.8 Å². The standard InChI is InChI=1S/C13H18N6O2.HI/c1-19-8-16-12(18-19)7-15-13(14)17-10-6-9(20-2)4-5-11(10)21-3;/h4-6,8H,7H2,1-3H3,(H3,14,15,17);1H. The van der Waals surface area contributed by atoms with E-state index < -0.39 is 0 Å². The molecule has 9 heteroatoms. The molecule has 22 heavy (non-hydrogen) atoms. The fraction of sp³-hybridized carbons (Fsp3) is 0.308. The number of hydrogen-bond acceptors (Lipinski definition) is 5. The van der Waals surface area contributed by atoms with E-state index in [9.17, 15) is 0 Å². The molecule has 1 heterocycles. The number of aliphatic imine (C=N–C) groups is 1. The molecule has 0 amide bonds. The van der Waals surface area contributed by atoms with Gasteiger partial charge in [0.05, 0.1) is 19.9 Å². The molecule has 0 aliphatic carbocycles. The maximum Gasteiger partial charge on any atom is 0.193 e. The number of hydrogen-bond donors (Lipinski definition) is 2. The second-order valence-corrected chi connectivity index (χ2v) is 4.23. The lowest BCUT2D eigenvalue weighted by Crippen LogP contribution is -2.23. The van der Waals surface area contributed by atoms with Crippen LogP contribution in [0.1, 0.15) is 5.82 Å². The molecule has 8 nitrogen and oxygen atoms in total. The van der Waals surface area contributed by atoms with Gasteiger partial charge in [-0.3, -0.25) is 4.68 Å². The van der Waals surface area contributed by atoms with Gasteiger partial charge in [-0.05, 0) is 12.1 Å². The van der Waals surface area contributed by atoms with Crippen molar-refractivity contribution >= 4 is 35.6 Å². The Morgan fingerprint density at radius 1 is 1.36 bits per heavy atom. The highest BCUT2D eigenvalue weighted by atomic mass is 127. The molecule has 0 spiro atoms. The number of nitrogens with two attached hydrogens (primary N) is 1. The average molecular weight is 418 g/mol. The lowest BCUT2D eigenvalue weighted by molar-refractivity contribution is 0.405. The van der Waals surface area contributed by atoms with Gasteiger partial charge in [0.1, 0.15) is 24.4 Å². The molecule has 0 aliphatic rings. The summed E-state index contributed by atoms with van der Waals surface area (Å²) in [4.78, 5) is 8.26. The van der Waals surface area contributed by atoms with Crippen molar-refractivity contribution in [3.05, 3.63) is 30.4 Å². The number of aromatic nitrogens is 3. The molecule has 0 radical (unpaired) electrons. The Bertz CT molecular complexity index is 643. The minimum Gasteiger partial charge on any atom is -0.497 e. The number of guanidine groups is 1. The first-order valence-corrected chi connectivity index (χ1v) is 6.26. The van der Waals surface area contributed by atoms with Gasteiger partial charge in [-0.1, -0.05) is 0 Å².